The van der Waals surface area contributed by atoms with Crippen molar-refractivity contribution in [2.45, 2.75) is 69.6 Å². The minimum Gasteiger partial charge on any atom is -0.476 e. The van der Waals surface area contributed by atoms with Gasteiger partial charge in [-0.2, -0.15) is 9.78 Å². The van der Waals surface area contributed by atoms with Gasteiger partial charge in [-0.1, -0.05) is 11.6 Å². The number of benzene rings is 1. The highest BCUT2D eigenvalue weighted by Gasteiger charge is 2.43. The normalized spacial score (nSPS) is 21.4. The number of hydrogen-bond donors (Lipinski definition) is 1. The molecule has 0 saturated carbocycles. The van der Waals surface area contributed by atoms with Gasteiger partial charge >= 0.3 is 6.30 Å². The molecule has 2 aliphatic heterocycles. The summed E-state index contributed by atoms with van der Waals surface area (Å²) in [7, 11) is 0. The van der Waals surface area contributed by atoms with Crippen LogP contribution in [0, 0.1) is 5.82 Å². The van der Waals surface area contributed by atoms with Crippen LogP contribution in [0.1, 0.15) is 39.5 Å². The Balaban J connectivity index is 1.24. The van der Waals surface area contributed by atoms with Gasteiger partial charge in [-0.05, 0) is 69.9 Å². The van der Waals surface area contributed by atoms with E-state index in [0.717, 1.165) is 25.2 Å². The van der Waals surface area contributed by atoms with Crippen LogP contribution in [0.15, 0.2) is 42.9 Å². The molecule has 1 amide bonds. The Morgan fingerprint density at radius 2 is 1.82 bits per heavy atom. The summed E-state index contributed by atoms with van der Waals surface area (Å²) in [4.78, 5) is 23.4. The van der Waals surface area contributed by atoms with Crippen LogP contribution < -0.4 is 15.0 Å². The van der Waals surface area contributed by atoms with Crippen LogP contribution in [-0.4, -0.2) is 49.4 Å². The lowest BCUT2D eigenvalue weighted by atomic mass is 9.96. The van der Waals surface area contributed by atoms with Crippen molar-refractivity contribution >= 4 is 23.3 Å². The van der Waals surface area contributed by atoms with E-state index >= 15 is 0 Å². The summed E-state index contributed by atoms with van der Waals surface area (Å²) < 4.78 is 58.6. The molecule has 2 aliphatic rings. The molecule has 8 nitrogen and oxygen atoms in total. The second-order valence-electron chi connectivity index (χ2n) is 9.99. The number of carbonyl (C=O) groups is 1. The Bertz CT molecular complexity index is 1320. The van der Waals surface area contributed by atoms with E-state index < -0.39 is 17.7 Å². The average molecular weight is 553 g/mol. The van der Waals surface area contributed by atoms with Gasteiger partial charge in [0.1, 0.15) is 23.7 Å². The van der Waals surface area contributed by atoms with Crippen LogP contribution in [0.4, 0.5) is 23.4 Å². The zero-order valence-electron chi connectivity index (χ0n) is 20.5. The Kier molecular flexibility index (Phi) is 6.70. The molecule has 1 unspecified atom stereocenters. The third-order valence-corrected chi connectivity index (χ3v) is 7.23. The highest BCUT2D eigenvalue weighted by molar-refractivity contribution is 6.32. The minimum atomic E-state index is -4.68. The predicted octanol–water partition coefficient (Wildman–Crippen LogP) is 5.08. The number of rotatable bonds is 6. The fourth-order valence-corrected chi connectivity index (χ4v) is 5.41. The van der Waals surface area contributed by atoms with Gasteiger partial charge in [0.15, 0.2) is 11.4 Å². The number of halogens is 5. The number of amides is 1. The fraction of sp³-hybridized carbons (Fsp3) is 0.440. The summed E-state index contributed by atoms with van der Waals surface area (Å²) in [6.45, 7) is 3.24. The van der Waals surface area contributed by atoms with E-state index in [1.807, 2.05) is 0 Å². The van der Waals surface area contributed by atoms with Crippen molar-refractivity contribution in [3.8, 4) is 17.1 Å². The van der Waals surface area contributed by atoms with E-state index in [0.29, 0.717) is 18.7 Å². The van der Waals surface area contributed by atoms with Crippen molar-refractivity contribution in [2.24, 2.45) is 0 Å². The molecular formula is C25H25ClF4N6O2. The van der Waals surface area contributed by atoms with Crippen molar-refractivity contribution in [1.29, 1.82) is 0 Å². The summed E-state index contributed by atoms with van der Waals surface area (Å²) in [5, 5.41) is 6.42. The van der Waals surface area contributed by atoms with E-state index in [1.54, 1.807) is 26.0 Å². The molecule has 4 heterocycles. The maximum atomic E-state index is 13.3. The molecule has 1 N–H and O–H groups in total. The molecule has 0 radical (unpaired) electrons. The van der Waals surface area contributed by atoms with E-state index in [1.165, 1.54) is 18.3 Å². The van der Waals surface area contributed by atoms with Crippen molar-refractivity contribution in [3.05, 3.63) is 53.7 Å². The predicted molar refractivity (Wildman–Crippen MR) is 131 cm³/mol. The van der Waals surface area contributed by atoms with Crippen LogP contribution in [0.25, 0.3) is 11.4 Å². The second-order valence-corrected chi connectivity index (χ2v) is 10.4. The number of piperidine rings is 1. The number of alkyl halides is 3. The number of ether oxygens (including phenoxy) is 1. The summed E-state index contributed by atoms with van der Waals surface area (Å²) in [6.07, 6.45) is 0.734. The smallest absolute Gasteiger partial charge is 0.476 e. The molecule has 3 atom stereocenters. The molecule has 2 saturated heterocycles. The van der Waals surface area contributed by atoms with Gasteiger partial charge in [0.05, 0.1) is 5.02 Å². The highest BCUT2D eigenvalue weighted by atomic mass is 35.5. The zero-order valence-corrected chi connectivity index (χ0v) is 21.3. The first kappa shape index (κ1) is 26.2. The minimum absolute atomic E-state index is 0.0781. The molecule has 202 valence electrons. The number of pyridine rings is 1. The third kappa shape index (κ3) is 5.13. The number of aromatic nitrogens is 4. The van der Waals surface area contributed by atoms with Crippen LogP contribution in [0.2, 0.25) is 5.02 Å². The summed E-state index contributed by atoms with van der Waals surface area (Å²) >= 11 is 6.05. The average Bonchev–Trinajstić information content (AvgIpc) is 3.44. The molecule has 3 aromatic rings. The Morgan fingerprint density at radius 1 is 1.11 bits per heavy atom. The molecule has 2 fully saturated rings. The Morgan fingerprint density at radius 3 is 2.42 bits per heavy atom. The maximum Gasteiger partial charge on any atom is 0.506 e. The summed E-state index contributed by atoms with van der Waals surface area (Å²) in [6, 6.07) is 7.12. The van der Waals surface area contributed by atoms with Gasteiger partial charge < -0.3 is 15.0 Å². The quantitative estimate of drug-likeness (QED) is 0.429. The molecule has 13 heteroatoms. The summed E-state index contributed by atoms with van der Waals surface area (Å²) in [5.41, 5.74) is -1.03. The lowest BCUT2D eigenvalue weighted by Gasteiger charge is -2.40. The zero-order chi connectivity index (χ0) is 27.2. The summed E-state index contributed by atoms with van der Waals surface area (Å²) in [5.74, 6) is -0.259. The number of hydrogen-bond acceptors (Lipinski definition) is 6. The van der Waals surface area contributed by atoms with Crippen LogP contribution in [-0.2, 0) is 11.1 Å². The first-order valence-electron chi connectivity index (χ1n) is 12.1. The van der Waals surface area contributed by atoms with Crippen molar-refractivity contribution < 1.29 is 27.1 Å². The van der Waals surface area contributed by atoms with Gasteiger partial charge in [0.2, 0.25) is 0 Å². The van der Waals surface area contributed by atoms with E-state index in [9.17, 15) is 22.4 Å². The molecule has 2 aromatic heterocycles. The molecule has 38 heavy (non-hydrogen) atoms. The van der Waals surface area contributed by atoms with Crippen molar-refractivity contribution in [1.82, 2.24) is 25.1 Å². The molecule has 0 spiro atoms. The van der Waals surface area contributed by atoms with Crippen LogP contribution in [0.5, 0.6) is 5.75 Å². The van der Waals surface area contributed by atoms with Gasteiger partial charge in [-0.25, -0.2) is 14.4 Å². The second kappa shape index (κ2) is 9.72. The van der Waals surface area contributed by atoms with Crippen molar-refractivity contribution in [3.63, 3.8) is 0 Å². The Labute approximate surface area is 221 Å². The largest absolute Gasteiger partial charge is 0.506 e. The van der Waals surface area contributed by atoms with Gasteiger partial charge in [-0.3, -0.25) is 4.79 Å². The first-order valence-corrected chi connectivity index (χ1v) is 12.5. The molecule has 5 rings (SSSR count). The number of carbonyl (C=O) groups excluding carboxylic acids is 1. The fourth-order valence-electron chi connectivity index (χ4n) is 5.20. The Hall–Kier alpha value is -3.41. The standard InChI is InChI=1S/C25H25ClF4N6O2/c1-24(2,38-20-7-4-15(27)9-19(20)26)23(37)34-16-10-17-5-6-18(11-16)35(17)21-8-3-14(12-31-21)22-32-13-33-36(22)25(28,29)30/h3-4,7-9,12-13,16-18H,5-6,10-11H2,1-2H3,(H,34,37)/t16?,17-,18+. The number of nitrogens with zero attached hydrogens (tertiary/aromatic N) is 5. The maximum absolute atomic E-state index is 13.3. The number of fused-ring (bicyclic) bond motifs is 2. The van der Waals surface area contributed by atoms with Gasteiger partial charge in [-0.15, -0.1) is 13.2 Å². The number of nitrogens with one attached hydrogen (secondary N) is 1. The van der Waals surface area contributed by atoms with Crippen LogP contribution >= 0.6 is 11.6 Å². The number of anilines is 1. The highest BCUT2D eigenvalue weighted by Crippen LogP contribution is 2.39. The SMILES string of the molecule is CC(C)(Oc1ccc(F)cc1Cl)C(=O)NC1C[C@H]2CC[C@@H](C1)N2c1ccc(-c2ncnn2C(F)(F)F)cn1. The van der Waals surface area contributed by atoms with E-state index in [-0.39, 0.29) is 50.9 Å². The molecular weight excluding hydrogens is 528 g/mol. The van der Waals surface area contributed by atoms with Crippen LogP contribution in [0.3, 0.4) is 0 Å². The first-order chi connectivity index (χ1) is 17.9. The molecule has 0 aliphatic carbocycles. The van der Waals surface area contributed by atoms with Gasteiger partial charge in [0.25, 0.3) is 5.91 Å². The van der Waals surface area contributed by atoms with Crippen molar-refractivity contribution in [2.75, 3.05) is 4.90 Å². The molecule has 1 aromatic carbocycles. The van der Waals surface area contributed by atoms with E-state index in [2.05, 4.69) is 25.3 Å². The van der Waals surface area contributed by atoms with Gasteiger partial charge in [0, 0.05) is 29.9 Å². The monoisotopic (exact) mass is 552 g/mol. The third-order valence-electron chi connectivity index (χ3n) is 6.93. The lowest BCUT2D eigenvalue weighted by molar-refractivity contribution is -0.211. The van der Waals surface area contributed by atoms with E-state index in [4.69, 9.17) is 16.3 Å². The lowest BCUT2D eigenvalue weighted by Crippen LogP contribution is -2.55. The topological polar surface area (TPSA) is 85.2 Å². The molecule has 2 bridgehead atoms.